The van der Waals surface area contributed by atoms with Gasteiger partial charge < -0.3 is 15.3 Å². The highest BCUT2D eigenvalue weighted by atomic mass is 32.2. The summed E-state index contributed by atoms with van der Waals surface area (Å²) in [7, 11) is 3.93. The molecule has 0 aliphatic rings. The largest absolute Gasteiger partial charge is 0.390 e. The summed E-state index contributed by atoms with van der Waals surface area (Å²) in [5.41, 5.74) is 0. The molecule has 0 aliphatic carbocycles. The normalized spacial score (nSPS) is 15.9. The van der Waals surface area contributed by atoms with Crippen LogP contribution in [-0.2, 0) is 0 Å². The lowest BCUT2D eigenvalue weighted by atomic mass is 10.2. The molecule has 0 aromatic carbocycles. The standard InChI is InChI=1S/C10H24N2OS/c1-9(5-6-14-4)12(3)8-10(13)7-11-2/h9-11,13H,5-8H2,1-4H3. The van der Waals surface area contributed by atoms with Crippen molar-refractivity contribution in [2.75, 3.05) is 39.2 Å². The zero-order valence-electron chi connectivity index (χ0n) is 9.79. The Morgan fingerprint density at radius 2 is 2.14 bits per heavy atom. The van der Waals surface area contributed by atoms with E-state index in [1.54, 1.807) is 0 Å². The number of hydrogen-bond donors (Lipinski definition) is 2. The molecule has 2 atom stereocenters. The van der Waals surface area contributed by atoms with Crippen molar-refractivity contribution in [3.05, 3.63) is 0 Å². The van der Waals surface area contributed by atoms with Gasteiger partial charge in [0, 0.05) is 19.1 Å². The molecular formula is C10H24N2OS. The Morgan fingerprint density at radius 1 is 1.50 bits per heavy atom. The third kappa shape index (κ3) is 6.65. The Kier molecular flexibility index (Phi) is 8.67. The molecule has 0 amide bonds. The second-order valence-corrected chi connectivity index (χ2v) is 4.77. The molecule has 0 bridgehead atoms. The molecule has 3 nitrogen and oxygen atoms in total. The van der Waals surface area contributed by atoms with Gasteiger partial charge in [-0.3, -0.25) is 0 Å². The van der Waals surface area contributed by atoms with Crippen molar-refractivity contribution in [1.29, 1.82) is 0 Å². The zero-order chi connectivity index (χ0) is 11.0. The van der Waals surface area contributed by atoms with Crippen LogP contribution in [0.4, 0.5) is 0 Å². The number of thioether (sulfide) groups is 1. The highest BCUT2D eigenvalue weighted by Crippen LogP contribution is 2.06. The van der Waals surface area contributed by atoms with E-state index in [-0.39, 0.29) is 6.10 Å². The summed E-state index contributed by atoms with van der Waals surface area (Å²) in [4.78, 5) is 2.22. The van der Waals surface area contributed by atoms with Crippen LogP contribution in [0.15, 0.2) is 0 Å². The van der Waals surface area contributed by atoms with Gasteiger partial charge in [-0.05, 0) is 39.4 Å². The van der Waals surface area contributed by atoms with Crippen molar-refractivity contribution in [2.24, 2.45) is 0 Å². The van der Waals surface area contributed by atoms with E-state index >= 15 is 0 Å². The molecule has 0 aromatic heterocycles. The maximum absolute atomic E-state index is 9.58. The Morgan fingerprint density at radius 3 is 2.64 bits per heavy atom. The second kappa shape index (κ2) is 8.53. The van der Waals surface area contributed by atoms with Crippen LogP contribution in [0.2, 0.25) is 0 Å². The average Bonchev–Trinajstić information content (AvgIpc) is 2.14. The third-order valence-electron chi connectivity index (χ3n) is 2.43. The van der Waals surface area contributed by atoms with E-state index in [0.29, 0.717) is 12.6 Å². The smallest absolute Gasteiger partial charge is 0.0791 e. The first-order valence-electron chi connectivity index (χ1n) is 5.13. The molecular weight excluding hydrogens is 196 g/mol. The summed E-state index contributed by atoms with van der Waals surface area (Å²) in [6, 6.07) is 0.550. The minimum atomic E-state index is -0.262. The molecule has 0 fully saturated rings. The van der Waals surface area contributed by atoms with Crippen LogP contribution in [0, 0.1) is 0 Å². The van der Waals surface area contributed by atoms with E-state index in [2.05, 4.69) is 30.4 Å². The maximum Gasteiger partial charge on any atom is 0.0791 e. The van der Waals surface area contributed by atoms with Gasteiger partial charge in [0.1, 0.15) is 0 Å². The van der Waals surface area contributed by atoms with Gasteiger partial charge in [-0.25, -0.2) is 0 Å². The molecule has 0 radical (unpaired) electrons. The topological polar surface area (TPSA) is 35.5 Å². The lowest BCUT2D eigenvalue weighted by molar-refractivity contribution is 0.108. The Labute approximate surface area is 92.3 Å². The molecule has 2 N–H and O–H groups in total. The fraction of sp³-hybridized carbons (Fsp3) is 1.00. The minimum Gasteiger partial charge on any atom is -0.390 e. The number of aliphatic hydroxyl groups excluding tert-OH is 1. The Balaban J connectivity index is 3.64. The molecule has 0 heterocycles. The fourth-order valence-electron chi connectivity index (χ4n) is 1.32. The molecule has 14 heavy (non-hydrogen) atoms. The zero-order valence-corrected chi connectivity index (χ0v) is 10.6. The SMILES string of the molecule is CNCC(O)CN(C)C(C)CCSC. The van der Waals surface area contributed by atoms with Crippen LogP contribution < -0.4 is 5.32 Å². The minimum absolute atomic E-state index is 0.262. The monoisotopic (exact) mass is 220 g/mol. The lowest BCUT2D eigenvalue weighted by Crippen LogP contribution is -2.39. The van der Waals surface area contributed by atoms with Crippen molar-refractivity contribution < 1.29 is 5.11 Å². The number of hydrogen-bond acceptors (Lipinski definition) is 4. The molecule has 0 aliphatic heterocycles. The molecule has 0 spiro atoms. The molecule has 4 heteroatoms. The predicted molar refractivity (Wildman–Crippen MR) is 65.0 cm³/mol. The highest BCUT2D eigenvalue weighted by molar-refractivity contribution is 7.98. The number of nitrogens with zero attached hydrogens (tertiary/aromatic N) is 1. The molecule has 0 saturated heterocycles. The lowest BCUT2D eigenvalue weighted by Gasteiger charge is -2.26. The summed E-state index contributed by atoms with van der Waals surface area (Å²) >= 11 is 1.87. The average molecular weight is 220 g/mol. The van der Waals surface area contributed by atoms with E-state index in [9.17, 15) is 5.11 Å². The van der Waals surface area contributed by atoms with Crippen LogP contribution in [0.3, 0.4) is 0 Å². The van der Waals surface area contributed by atoms with Crippen molar-refractivity contribution in [1.82, 2.24) is 10.2 Å². The van der Waals surface area contributed by atoms with Crippen LogP contribution in [-0.4, -0.2) is 61.3 Å². The van der Waals surface area contributed by atoms with Gasteiger partial charge in [0.15, 0.2) is 0 Å². The van der Waals surface area contributed by atoms with E-state index in [1.165, 1.54) is 12.2 Å². The molecule has 2 unspecified atom stereocenters. The number of nitrogens with one attached hydrogen (secondary N) is 1. The molecule has 0 saturated carbocycles. The number of likely N-dealkylation sites (N-methyl/N-ethyl adjacent to an activating group) is 2. The molecule has 0 rings (SSSR count). The quantitative estimate of drug-likeness (QED) is 0.629. The van der Waals surface area contributed by atoms with Gasteiger partial charge in [-0.1, -0.05) is 0 Å². The summed E-state index contributed by atoms with van der Waals surface area (Å²) in [6.45, 7) is 3.62. The van der Waals surface area contributed by atoms with Gasteiger partial charge >= 0.3 is 0 Å². The maximum atomic E-state index is 9.58. The van der Waals surface area contributed by atoms with Gasteiger partial charge in [-0.2, -0.15) is 11.8 Å². The summed E-state index contributed by atoms with van der Waals surface area (Å²) in [5, 5.41) is 12.6. The van der Waals surface area contributed by atoms with Gasteiger partial charge in [0.25, 0.3) is 0 Å². The van der Waals surface area contributed by atoms with E-state index in [1.807, 2.05) is 18.8 Å². The van der Waals surface area contributed by atoms with E-state index < -0.39 is 0 Å². The van der Waals surface area contributed by atoms with Crippen LogP contribution >= 0.6 is 11.8 Å². The van der Waals surface area contributed by atoms with Crippen molar-refractivity contribution in [3.63, 3.8) is 0 Å². The van der Waals surface area contributed by atoms with E-state index in [0.717, 1.165) is 6.54 Å². The first kappa shape index (κ1) is 14.2. The highest BCUT2D eigenvalue weighted by Gasteiger charge is 2.12. The third-order valence-corrected chi connectivity index (χ3v) is 3.07. The number of aliphatic hydroxyl groups is 1. The Bertz CT molecular complexity index is 135. The fourth-order valence-corrected chi connectivity index (χ4v) is 1.90. The summed E-state index contributed by atoms with van der Waals surface area (Å²) < 4.78 is 0. The van der Waals surface area contributed by atoms with Gasteiger partial charge in [0.2, 0.25) is 0 Å². The van der Waals surface area contributed by atoms with Crippen LogP contribution in [0.5, 0.6) is 0 Å². The van der Waals surface area contributed by atoms with Crippen molar-refractivity contribution >= 4 is 11.8 Å². The van der Waals surface area contributed by atoms with E-state index in [4.69, 9.17) is 0 Å². The predicted octanol–water partition coefficient (Wildman–Crippen LogP) is 0.640. The van der Waals surface area contributed by atoms with Crippen LogP contribution in [0.1, 0.15) is 13.3 Å². The summed E-state index contributed by atoms with van der Waals surface area (Å²) in [5.74, 6) is 1.19. The Hall–Kier alpha value is 0.230. The molecule has 0 aromatic rings. The van der Waals surface area contributed by atoms with Crippen molar-refractivity contribution in [3.8, 4) is 0 Å². The van der Waals surface area contributed by atoms with Gasteiger partial charge in [-0.15, -0.1) is 0 Å². The summed E-state index contributed by atoms with van der Waals surface area (Å²) in [6.07, 6.45) is 3.05. The number of rotatable bonds is 8. The van der Waals surface area contributed by atoms with Crippen molar-refractivity contribution in [2.45, 2.75) is 25.5 Å². The second-order valence-electron chi connectivity index (χ2n) is 3.78. The molecule has 86 valence electrons. The van der Waals surface area contributed by atoms with Crippen LogP contribution in [0.25, 0.3) is 0 Å². The first-order chi connectivity index (χ1) is 6.61. The first-order valence-corrected chi connectivity index (χ1v) is 6.53. The van der Waals surface area contributed by atoms with Gasteiger partial charge in [0.05, 0.1) is 6.10 Å².